The number of hydrogen-bond donors (Lipinski definition) is 2. The largest absolute Gasteiger partial charge is 0.350 e. The minimum absolute atomic E-state index is 0.0527. The number of rotatable bonds is 3. The Balaban J connectivity index is 1.87. The fourth-order valence-electron chi connectivity index (χ4n) is 1.54. The van der Waals surface area contributed by atoms with Crippen molar-refractivity contribution < 1.29 is 4.79 Å². The van der Waals surface area contributed by atoms with Gasteiger partial charge < -0.3 is 5.32 Å². The fraction of sp³-hybridized carbons (Fsp3) is 0.250. The van der Waals surface area contributed by atoms with Crippen molar-refractivity contribution in [3.05, 3.63) is 41.7 Å². The first-order chi connectivity index (χ1) is 8.29. The van der Waals surface area contributed by atoms with Crippen molar-refractivity contribution in [1.29, 1.82) is 5.26 Å². The minimum atomic E-state index is -0.235. The summed E-state index contributed by atoms with van der Waals surface area (Å²) in [7, 11) is 0. The second-order valence-corrected chi connectivity index (χ2v) is 3.70. The van der Waals surface area contributed by atoms with Crippen LogP contribution in [0.3, 0.4) is 0 Å². The molecule has 5 nitrogen and oxygen atoms in total. The van der Waals surface area contributed by atoms with Crippen LogP contribution in [0, 0.1) is 11.3 Å². The molecule has 5 heteroatoms. The molecular weight excluding hydrogens is 216 g/mol. The van der Waals surface area contributed by atoms with E-state index in [-0.39, 0.29) is 11.9 Å². The SMILES string of the molecule is N#Cc1ccc(CNC(=O)[C@@H]2C=CCN2)cn1. The molecule has 2 heterocycles. The number of carbonyl (C=O) groups excluding carboxylic acids is 1. The highest BCUT2D eigenvalue weighted by molar-refractivity contribution is 5.84. The number of aromatic nitrogens is 1. The number of nitriles is 1. The topological polar surface area (TPSA) is 77.8 Å². The Morgan fingerprint density at radius 2 is 2.53 bits per heavy atom. The van der Waals surface area contributed by atoms with Gasteiger partial charge in [-0.2, -0.15) is 5.26 Å². The molecule has 1 aliphatic rings. The van der Waals surface area contributed by atoms with Crippen LogP contribution in [0.4, 0.5) is 0 Å². The lowest BCUT2D eigenvalue weighted by Crippen LogP contribution is -2.40. The lowest BCUT2D eigenvalue weighted by Gasteiger charge is -2.09. The summed E-state index contributed by atoms with van der Waals surface area (Å²) in [5.74, 6) is -0.0527. The molecular formula is C12H12N4O. The molecule has 86 valence electrons. The van der Waals surface area contributed by atoms with Crippen LogP contribution in [-0.4, -0.2) is 23.5 Å². The Hall–Kier alpha value is -2.19. The zero-order valence-corrected chi connectivity index (χ0v) is 9.18. The monoisotopic (exact) mass is 228 g/mol. The van der Waals surface area contributed by atoms with Gasteiger partial charge in [0.25, 0.3) is 0 Å². The molecule has 0 aromatic carbocycles. The smallest absolute Gasteiger partial charge is 0.241 e. The second kappa shape index (κ2) is 5.23. The number of nitrogens with zero attached hydrogens (tertiary/aromatic N) is 2. The molecule has 0 aliphatic carbocycles. The van der Waals surface area contributed by atoms with Crippen molar-refractivity contribution in [2.24, 2.45) is 0 Å². The van der Waals surface area contributed by atoms with Gasteiger partial charge in [-0.25, -0.2) is 4.98 Å². The molecule has 1 aromatic heterocycles. The van der Waals surface area contributed by atoms with Gasteiger partial charge in [0.1, 0.15) is 17.8 Å². The quantitative estimate of drug-likeness (QED) is 0.719. The summed E-state index contributed by atoms with van der Waals surface area (Å²) in [6.45, 7) is 1.15. The molecule has 0 unspecified atom stereocenters. The summed E-state index contributed by atoms with van der Waals surface area (Å²) in [5, 5.41) is 14.4. The lowest BCUT2D eigenvalue weighted by atomic mass is 10.2. The first kappa shape index (κ1) is 11.3. The van der Waals surface area contributed by atoms with Crippen molar-refractivity contribution in [2.75, 3.05) is 6.54 Å². The van der Waals surface area contributed by atoms with Crippen LogP contribution in [-0.2, 0) is 11.3 Å². The summed E-state index contributed by atoms with van der Waals surface area (Å²) >= 11 is 0. The molecule has 17 heavy (non-hydrogen) atoms. The van der Waals surface area contributed by atoms with Crippen LogP contribution in [0.2, 0.25) is 0 Å². The Morgan fingerprint density at radius 3 is 3.12 bits per heavy atom. The van der Waals surface area contributed by atoms with E-state index in [1.807, 2.05) is 18.2 Å². The first-order valence-electron chi connectivity index (χ1n) is 5.32. The maximum absolute atomic E-state index is 11.6. The first-order valence-corrected chi connectivity index (χ1v) is 5.32. The number of carbonyl (C=O) groups is 1. The van der Waals surface area contributed by atoms with Crippen molar-refractivity contribution in [3.63, 3.8) is 0 Å². The number of nitrogens with one attached hydrogen (secondary N) is 2. The van der Waals surface area contributed by atoms with Gasteiger partial charge in [-0.15, -0.1) is 0 Å². The Bertz CT molecular complexity index is 472. The van der Waals surface area contributed by atoms with E-state index in [1.165, 1.54) is 0 Å². The van der Waals surface area contributed by atoms with Crippen molar-refractivity contribution in [3.8, 4) is 6.07 Å². The highest BCUT2D eigenvalue weighted by Gasteiger charge is 2.16. The van der Waals surface area contributed by atoms with E-state index in [0.29, 0.717) is 12.2 Å². The summed E-state index contributed by atoms with van der Waals surface area (Å²) in [6.07, 6.45) is 5.36. The van der Waals surface area contributed by atoms with Gasteiger partial charge in [-0.3, -0.25) is 10.1 Å². The van der Waals surface area contributed by atoms with Gasteiger partial charge in [-0.05, 0) is 11.6 Å². The Morgan fingerprint density at radius 1 is 1.65 bits per heavy atom. The molecule has 0 fully saturated rings. The molecule has 2 rings (SSSR count). The predicted octanol–water partition coefficient (Wildman–Crippen LogP) is 0.0975. The highest BCUT2D eigenvalue weighted by atomic mass is 16.2. The zero-order chi connectivity index (χ0) is 12.1. The van der Waals surface area contributed by atoms with Crippen molar-refractivity contribution >= 4 is 5.91 Å². The van der Waals surface area contributed by atoms with E-state index in [1.54, 1.807) is 18.3 Å². The van der Waals surface area contributed by atoms with Gasteiger partial charge in [-0.1, -0.05) is 18.2 Å². The summed E-state index contributed by atoms with van der Waals surface area (Å²) in [4.78, 5) is 15.6. The number of amides is 1. The maximum atomic E-state index is 11.6. The molecule has 0 spiro atoms. The van der Waals surface area contributed by atoms with E-state index < -0.39 is 0 Å². The lowest BCUT2D eigenvalue weighted by molar-refractivity contribution is -0.122. The number of pyridine rings is 1. The Kier molecular flexibility index (Phi) is 3.48. The molecule has 0 saturated carbocycles. The minimum Gasteiger partial charge on any atom is -0.350 e. The van der Waals surface area contributed by atoms with Crippen LogP contribution in [0.15, 0.2) is 30.5 Å². The molecule has 0 saturated heterocycles. The third kappa shape index (κ3) is 2.89. The van der Waals surface area contributed by atoms with Crippen LogP contribution in [0.25, 0.3) is 0 Å². The second-order valence-electron chi connectivity index (χ2n) is 3.70. The zero-order valence-electron chi connectivity index (χ0n) is 9.18. The molecule has 1 amide bonds. The molecule has 0 radical (unpaired) electrons. The fourth-order valence-corrected chi connectivity index (χ4v) is 1.54. The van der Waals surface area contributed by atoms with Gasteiger partial charge in [0.05, 0.1) is 0 Å². The van der Waals surface area contributed by atoms with E-state index in [4.69, 9.17) is 5.26 Å². The molecule has 2 N–H and O–H groups in total. The molecule has 1 aliphatic heterocycles. The van der Waals surface area contributed by atoms with Crippen LogP contribution in [0.5, 0.6) is 0 Å². The summed E-state index contributed by atoms with van der Waals surface area (Å²) in [6, 6.07) is 5.13. The van der Waals surface area contributed by atoms with Gasteiger partial charge in [0.15, 0.2) is 0 Å². The van der Waals surface area contributed by atoms with Gasteiger partial charge in [0.2, 0.25) is 5.91 Å². The predicted molar refractivity (Wildman–Crippen MR) is 61.7 cm³/mol. The van der Waals surface area contributed by atoms with E-state index in [0.717, 1.165) is 12.1 Å². The van der Waals surface area contributed by atoms with Crippen molar-refractivity contribution in [2.45, 2.75) is 12.6 Å². The van der Waals surface area contributed by atoms with E-state index in [9.17, 15) is 4.79 Å². The Labute approximate surface area is 99.2 Å². The molecule has 1 aromatic rings. The summed E-state index contributed by atoms with van der Waals surface area (Å²) in [5.41, 5.74) is 1.25. The van der Waals surface area contributed by atoms with Gasteiger partial charge in [0, 0.05) is 19.3 Å². The maximum Gasteiger partial charge on any atom is 0.241 e. The van der Waals surface area contributed by atoms with Crippen LogP contribution < -0.4 is 10.6 Å². The van der Waals surface area contributed by atoms with Gasteiger partial charge >= 0.3 is 0 Å². The number of hydrogen-bond acceptors (Lipinski definition) is 4. The van der Waals surface area contributed by atoms with Crippen LogP contribution in [0.1, 0.15) is 11.3 Å². The highest BCUT2D eigenvalue weighted by Crippen LogP contribution is 2.00. The average Bonchev–Trinajstić information content (AvgIpc) is 2.90. The molecule has 1 atom stereocenters. The van der Waals surface area contributed by atoms with E-state index in [2.05, 4.69) is 15.6 Å². The standard InChI is InChI=1S/C12H12N4O/c13-6-10-4-3-9(7-15-10)8-16-12(17)11-2-1-5-14-11/h1-4,7,11,14H,5,8H2,(H,16,17)/t11-/m0/s1. The molecule has 0 bridgehead atoms. The summed E-state index contributed by atoms with van der Waals surface area (Å²) < 4.78 is 0. The van der Waals surface area contributed by atoms with Crippen LogP contribution >= 0.6 is 0 Å². The van der Waals surface area contributed by atoms with Crippen molar-refractivity contribution in [1.82, 2.24) is 15.6 Å². The average molecular weight is 228 g/mol. The normalized spacial score (nSPS) is 17.7. The third-order valence-electron chi connectivity index (χ3n) is 2.47. The van der Waals surface area contributed by atoms with E-state index >= 15 is 0 Å². The third-order valence-corrected chi connectivity index (χ3v) is 2.47.